The molecule has 1 heterocycles. The van der Waals surface area contributed by atoms with Gasteiger partial charge in [-0.25, -0.2) is 4.98 Å². The molecule has 7 heteroatoms. The fourth-order valence-corrected chi connectivity index (χ4v) is 3.05. The number of para-hydroxylation sites is 2. The van der Waals surface area contributed by atoms with Crippen LogP contribution in [0.25, 0.3) is 23.3 Å². The van der Waals surface area contributed by atoms with E-state index in [2.05, 4.69) is 20.9 Å². The number of halogens is 1. The van der Waals surface area contributed by atoms with Crippen LogP contribution >= 0.6 is 15.9 Å². The molecule has 0 saturated heterocycles. The molecule has 0 spiro atoms. The number of rotatable bonds is 7. The molecule has 6 nitrogen and oxygen atoms in total. The molecular weight excluding hydrogens is 424 g/mol. The standard InChI is InChI=1S/C21H21BrN2O4/c1-4-26-18-12-14(11-15(22)21(18)27-13-20(25)24(2)3)9-10-19-23-16-7-5-6-8-17(16)28-19/h5-12H,4,13H2,1-3H3/b10-9+. The highest BCUT2D eigenvalue weighted by atomic mass is 79.9. The Morgan fingerprint density at radius 1 is 1.21 bits per heavy atom. The van der Waals surface area contributed by atoms with Crippen LogP contribution in [0.2, 0.25) is 0 Å². The van der Waals surface area contributed by atoms with Crippen molar-refractivity contribution in [3.63, 3.8) is 0 Å². The lowest BCUT2D eigenvalue weighted by Crippen LogP contribution is -2.27. The van der Waals surface area contributed by atoms with Gasteiger partial charge in [0.2, 0.25) is 5.89 Å². The van der Waals surface area contributed by atoms with Gasteiger partial charge in [-0.1, -0.05) is 12.1 Å². The Hall–Kier alpha value is -2.80. The molecule has 2 aromatic carbocycles. The molecule has 146 valence electrons. The maximum Gasteiger partial charge on any atom is 0.259 e. The Kier molecular flexibility index (Phi) is 6.36. The SMILES string of the molecule is CCOc1cc(/C=C/c2nc3ccccc3o2)cc(Br)c1OCC(=O)N(C)C. The number of likely N-dealkylation sites (N-methyl/N-ethyl adjacent to an activating group) is 1. The normalized spacial score (nSPS) is 11.1. The Labute approximate surface area is 171 Å². The smallest absolute Gasteiger partial charge is 0.259 e. The Morgan fingerprint density at radius 2 is 2.00 bits per heavy atom. The van der Waals surface area contributed by atoms with Crippen molar-refractivity contribution in [2.75, 3.05) is 27.3 Å². The summed E-state index contributed by atoms with van der Waals surface area (Å²) >= 11 is 3.51. The number of amides is 1. The Bertz CT molecular complexity index is 978. The summed E-state index contributed by atoms with van der Waals surface area (Å²) in [6.07, 6.45) is 3.68. The third-order valence-corrected chi connectivity index (χ3v) is 4.49. The van der Waals surface area contributed by atoms with Crippen molar-refractivity contribution < 1.29 is 18.7 Å². The van der Waals surface area contributed by atoms with E-state index in [0.29, 0.717) is 28.5 Å². The first kappa shape index (κ1) is 19.9. The third-order valence-electron chi connectivity index (χ3n) is 3.90. The molecule has 1 amide bonds. The second-order valence-electron chi connectivity index (χ2n) is 6.19. The zero-order valence-electron chi connectivity index (χ0n) is 15.9. The highest BCUT2D eigenvalue weighted by molar-refractivity contribution is 9.10. The van der Waals surface area contributed by atoms with Gasteiger partial charge in [0.05, 0.1) is 11.1 Å². The number of carbonyl (C=O) groups excluding carboxylic acids is 1. The fourth-order valence-electron chi connectivity index (χ4n) is 2.48. The summed E-state index contributed by atoms with van der Waals surface area (Å²) in [7, 11) is 3.37. The molecule has 3 aromatic rings. The van der Waals surface area contributed by atoms with Gasteiger partial charge in [0.25, 0.3) is 5.91 Å². The number of oxazole rings is 1. The quantitative estimate of drug-likeness (QED) is 0.531. The van der Waals surface area contributed by atoms with Gasteiger partial charge < -0.3 is 18.8 Å². The van der Waals surface area contributed by atoms with Crippen molar-refractivity contribution in [1.29, 1.82) is 0 Å². The van der Waals surface area contributed by atoms with E-state index in [1.165, 1.54) is 4.90 Å². The van der Waals surface area contributed by atoms with E-state index in [-0.39, 0.29) is 12.5 Å². The summed E-state index contributed by atoms with van der Waals surface area (Å²) in [6, 6.07) is 11.3. The van der Waals surface area contributed by atoms with Crippen molar-refractivity contribution in [2.45, 2.75) is 6.92 Å². The number of hydrogen-bond acceptors (Lipinski definition) is 5. The molecule has 0 bridgehead atoms. The minimum atomic E-state index is -0.130. The number of aromatic nitrogens is 1. The number of ether oxygens (including phenoxy) is 2. The summed E-state index contributed by atoms with van der Waals surface area (Å²) in [5, 5.41) is 0. The first-order valence-electron chi connectivity index (χ1n) is 8.81. The molecular formula is C21H21BrN2O4. The average Bonchev–Trinajstić information content (AvgIpc) is 3.08. The van der Waals surface area contributed by atoms with Gasteiger partial charge in [0.15, 0.2) is 23.7 Å². The first-order valence-corrected chi connectivity index (χ1v) is 9.60. The van der Waals surface area contributed by atoms with Crippen LogP contribution in [0.5, 0.6) is 11.5 Å². The lowest BCUT2D eigenvalue weighted by molar-refractivity contribution is -0.130. The summed E-state index contributed by atoms with van der Waals surface area (Å²) < 4.78 is 17.8. The molecule has 0 aliphatic heterocycles. The highest BCUT2D eigenvalue weighted by Gasteiger charge is 2.14. The van der Waals surface area contributed by atoms with Gasteiger partial charge in [0, 0.05) is 20.2 Å². The molecule has 0 aliphatic carbocycles. The minimum absolute atomic E-state index is 0.0657. The summed E-state index contributed by atoms with van der Waals surface area (Å²) in [4.78, 5) is 17.7. The van der Waals surface area contributed by atoms with Crippen LogP contribution in [-0.2, 0) is 4.79 Å². The second kappa shape index (κ2) is 8.93. The van der Waals surface area contributed by atoms with E-state index in [0.717, 1.165) is 16.7 Å². The van der Waals surface area contributed by atoms with E-state index in [9.17, 15) is 4.79 Å². The molecule has 0 radical (unpaired) electrons. The second-order valence-corrected chi connectivity index (χ2v) is 7.05. The number of benzene rings is 2. The van der Waals surface area contributed by atoms with Crippen LogP contribution in [0, 0.1) is 0 Å². The molecule has 0 fully saturated rings. The predicted molar refractivity (Wildman–Crippen MR) is 112 cm³/mol. The Morgan fingerprint density at radius 3 is 2.71 bits per heavy atom. The van der Waals surface area contributed by atoms with Crippen LogP contribution in [0.3, 0.4) is 0 Å². The number of nitrogens with zero attached hydrogens (tertiary/aromatic N) is 2. The van der Waals surface area contributed by atoms with E-state index in [4.69, 9.17) is 13.9 Å². The van der Waals surface area contributed by atoms with Crippen molar-refractivity contribution in [2.24, 2.45) is 0 Å². The first-order chi connectivity index (χ1) is 13.5. The molecule has 0 N–H and O–H groups in total. The van der Waals surface area contributed by atoms with Gasteiger partial charge in [-0.3, -0.25) is 4.79 Å². The highest BCUT2D eigenvalue weighted by Crippen LogP contribution is 2.37. The molecule has 0 atom stereocenters. The molecule has 0 saturated carbocycles. The Balaban J connectivity index is 1.84. The molecule has 3 rings (SSSR count). The fraction of sp³-hybridized carbons (Fsp3) is 0.238. The summed E-state index contributed by atoms with van der Waals surface area (Å²) in [5.41, 5.74) is 2.43. The van der Waals surface area contributed by atoms with E-state index in [1.54, 1.807) is 20.2 Å². The molecule has 28 heavy (non-hydrogen) atoms. The average molecular weight is 445 g/mol. The summed E-state index contributed by atoms with van der Waals surface area (Å²) in [6.45, 7) is 2.30. The molecule has 0 aliphatic rings. The van der Waals surface area contributed by atoms with Gasteiger partial charge in [0.1, 0.15) is 5.52 Å². The van der Waals surface area contributed by atoms with Crippen molar-refractivity contribution >= 4 is 45.1 Å². The third kappa shape index (κ3) is 4.72. The van der Waals surface area contributed by atoms with E-state index < -0.39 is 0 Å². The number of fused-ring (bicyclic) bond motifs is 1. The van der Waals surface area contributed by atoms with E-state index >= 15 is 0 Å². The van der Waals surface area contributed by atoms with Crippen molar-refractivity contribution in [3.8, 4) is 11.5 Å². The topological polar surface area (TPSA) is 64.8 Å². The van der Waals surface area contributed by atoms with Crippen LogP contribution in [-0.4, -0.2) is 43.1 Å². The van der Waals surface area contributed by atoms with Gasteiger partial charge in [-0.05, 0) is 58.8 Å². The van der Waals surface area contributed by atoms with Crippen molar-refractivity contribution in [3.05, 3.63) is 52.3 Å². The molecule has 1 aromatic heterocycles. The predicted octanol–water partition coefficient (Wildman–Crippen LogP) is 4.63. The van der Waals surface area contributed by atoms with Gasteiger partial charge >= 0.3 is 0 Å². The van der Waals surface area contributed by atoms with Crippen molar-refractivity contribution in [1.82, 2.24) is 9.88 Å². The zero-order chi connectivity index (χ0) is 20.1. The maximum absolute atomic E-state index is 11.8. The van der Waals surface area contributed by atoms with Crippen LogP contribution in [0.15, 0.2) is 45.3 Å². The number of hydrogen-bond donors (Lipinski definition) is 0. The van der Waals surface area contributed by atoms with Gasteiger partial charge in [-0.2, -0.15) is 0 Å². The lowest BCUT2D eigenvalue weighted by Gasteiger charge is -2.16. The van der Waals surface area contributed by atoms with Crippen LogP contribution in [0.1, 0.15) is 18.4 Å². The summed E-state index contributed by atoms with van der Waals surface area (Å²) in [5.74, 6) is 1.44. The monoisotopic (exact) mass is 444 g/mol. The van der Waals surface area contributed by atoms with Crippen LogP contribution < -0.4 is 9.47 Å². The van der Waals surface area contributed by atoms with Crippen LogP contribution in [0.4, 0.5) is 0 Å². The van der Waals surface area contributed by atoms with Gasteiger partial charge in [-0.15, -0.1) is 0 Å². The zero-order valence-corrected chi connectivity index (χ0v) is 17.5. The maximum atomic E-state index is 11.8. The number of carbonyl (C=O) groups is 1. The largest absolute Gasteiger partial charge is 0.490 e. The lowest BCUT2D eigenvalue weighted by atomic mass is 10.2. The minimum Gasteiger partial charge on any atom is -0.490 e. The molecule has 0 unspecified atom stereocenters. The van der Waals surface area contributed by atoms with E-state index in [1.807, 2.05) is 49.4 Å².